The molecule has 0 saturated heterocycles. The highest BCUT2D eigenvalue weighted by molar-refractivity contribution is 7.94. The zero-order chi connectivity index (χ0) is 15.1. The predicted molar refractivity (Wildman–Crippen MR) is 74.5 cm³/mol. The fourth-order valence-corrected chi connectivity index (χ4v) is 2.22. The van der Waals surface area contributed by atoms with Crippen LogP contribution in [0.2, 0.25) is 0 Å². The standard InChI is InChI=1S/C12H16N2O5S/c1-8-4-5-10(14(17)18)11(7-8)20-19-6-2-3-9(13)12(15)16/h4-5,7,9H,2-3,6,13H2,1H3,(H,15,16)/t9-/m0/s1. The van der Waals surface area contributed by atoms with Crippen molar-refractivity contribution in [2.45, 2.75) is 30.7 Å². The van der Waals surface area contributed by atoms with Crippen LogP contribution in [0.15, 0.2) is 23.1 Å². The van der Waals surface area contributed by atoms with E-state index < -0.39 is 16.9 Å². The normalized spacial score (nSPS) is 12.1. The van der Waals surface area contributed by atoms with E-state index in [0.717, 1.165) is 17.6 Å². The molecule has 0 aliphatic heterocycles. The first-order valence-electron chi connectivity index (χ1n) is 5.94. The second kappa shape index (κ2) is 7.83. The molecule has 0 aromatic heterocycles. The maximum Gasteiger partial charge on any atom is 0.320 e. The molecule has 1 aromatic rings. The van der Waals surface area contributed by atoms with Gasteiger partial charge in [0.25, 0.3) is 5.69 Å². The van der Waals surface area contributed by atoms with E-state index in [0.29, 0.717) is 17.7 Å². The monoisotopic (exact) mass is 300 g/mol. The van der Waals surface area contributed by atoms with Gasteiger partial charge in [0.05, 0.1) is 11.5 Å². The summed E-state index contributed by atoms with van der Waals surface area (Å²) in [5.74, 6) is -1.05. The van der Waals surface area contributed by atoms with Crippen molar-refractivity contribution in [3.63, 3.8) is 0 Å². The summed E-state index contributed by atoms with van der Waals surface area (Å²) in [6, 6.07) is 3.86. The minimum absolute atomic E-state index is 0.0113. The lowest BCUT2D eigenvalue weighted by molar-refractivity contribution is -0.387. The minimum Gasteiger partial charge on any atom is -0.480 e. The first-order chi connectivity index (χ1) is 9.41. The summed E-state index contributed by atoms with van der Waals surface area (Å²) >= 11 is 0.920. The fourth-order valence-electron chi connectivity index (χ4n) is 1.43. The van der Waals surface area contributed by atoms with Gasteiger partial charge in [0, 0.05) is 18.1 Å². The van der Waals surface area contributed by atoms with Crippen molar-refractivity contribution in [3.05, 3.63) is 33.9 Å². The van der Waals surface area contributed by atoms with Gasteiger partial charge in [0.15, 0.2) is 0 Å². The van der Waals surface area contributed by atoms with Crippen molar-refractivity contribution in [2.24, 2.45) is 5.73 Å². The third kappa shape index (κ3) is 5.16. The Morgan fingerprint density at radius 1 is 1.60 bits per heavy atom. The molecule has 1 rings (SSSR count). The Hall–Kier alpha value is -1.64. The van der Waals surface area contributed by atoms with E-state index in [1.165, 1.54) is 6.07 Å². The summed E-state index contributed by atoms with van der Waals surface area (Å²) in [6.07, 6.45) is 0.770. The van der Waals surface area contributed by atoms with E-state index in [1.54, 1.807) is 12.1 Å². The Bertz CT molecular complexity index is 495. The van der Waals surface area contributed by atoms with Crippen LogP contribution in [0.3, 0.4) is 0 Å². The molecule has 0 unspecified atom stereocenters. The Kier molecular flexibility index (Phi) is 6.43. The predicted octanol–water partition coefficient (Wildman–Crippen LogP) is 2.12. The number of carboxylic acid groups (broad SMARTS) is 1. The van der Waals surface area contributed by atoms with E-state index in [4.69, 9.17) is 15.0 Å². The zero-order valence-electron chi connectivity index (χ0n) is 10.9. The number of nitro groups is 1. The summed E-state index contributed by atoms with van der Waals surface area (Å²) in [5, 5.41) is 19.4. The number of carbonyl (C=O) groups is 1. The van der Waals surface area contributed by atoms with Crippen molar-refractivity contribution in [3.8, 4) is 0 Å². The van der Waals surface area contributed by atoms with Crippen LogP contribution in [0.5, 0.6) is 0 Å². The number of rotatable bonds is 8. The van der Waals surface area contributed by atoms with Gasteiger partial charge in [0.1, 0.15) is 10.9 Å². The highest BCUT2D eigenvalue weighted by atomic mass is 32.2. The van der Waals surface area contributed by atoms with Gasteiger partial charge in [-0.05, 0) is 31.4 Å². The molecule has 0 spiro atoms. The van der Waals surface area contributed by atoms with E-state index in [-0.39, 0.29) is 12.3 Å². The van der Waals surface area contributed by atoms with Gasteiger partial charge in [-0.25, -0.2) is 0 Å². The van der Waals surface area contributed by atoms with Crippen molar-refractivity contribution >= 4 is 23.7 Å². The van der Waals surface area contributed by atoms with Crippen molar-refractivity contribution in [1.29, 1.82) is 0 Å². The molecular formula is C12H16N2O5S. The lowest BCUT2D eigenvalue weighted by Gasteiger charge is -2.07. The molecule has 0 saturated carbocycles. The number of nitrogens with zero attached hydrogens (tertiary/aromatic N) is 1. The molecule has 20 heavy (non-hydrogen) atoms. The van der Waals surface area contributed by atoms with Crippen LogP contribution in [0.25, 0.3) is 0 Å². The first kappa shape index (κ1) is 16.4. The summed E-state index contributed by atoms with van der Waals surface area (Å²) in [7, 11) is 0. The largest absolute Gasteiger partial charge is 0.480 e. The SMILES string of the molecule is Cc1ccc([N+](=O)[O-])c(SOCCC[C@H](N)C(=O)O)c1. The Morgan fingerprint density at radius 2 is 2.30 bits per heavy atom. The van der Waals surface area contributed by atoms with Gasteiger partial charge in [-0.3, -0.25) is 14.9 Å². The molecule has 7 nitrogen and oxygen atoms in total. The number of hydrogen-bond acceptors (Lipinski definition) is 6. The molecule has 0 aliphatic carbocycles. The average molecular weight is 300 g/mol. The second-order valence-corrected chi connectivity index (χ2v) is 5.06. The summed E-state index contributed by atoms with van der Waals surface area (Å²) in [5.41, 5.74) is 6.23. The van der Waals surface area contributed by atoms with Crippen LogP contribution < -0.4 is 5.73 Å². The van der Waals surface area contributed by atoms with Crippen molar-refractivity contribution in [1.82, 2.24) is 0 Å². The number of aryl methyl sites for hydroxylation is 1. The van der Waals surface area contributed by atoms with E-state index in [1.807, 2.05) is 6.92 Å². The van der Waals surface area contributed by atoms with Crippen LogP contribution in [-0.4, -0.2) is 28.6 Å². The topological polar surface area (TPSA) is 116 Å². The van der Waals surface area contributed by atoms with Crippen LogP contribution in [0, 0.1) is 17.0 Å². The lowest BCUT2D eigenvalue weighted by Crippen LogP contribution is -2.30. The van der Waals surface area contributed by atoms with Crippen LogP contribution in [-0.2, 0) is 8.98 Å². The third-order valence-electron chi connectivity index (χ3n) is 2.52. The molecule has 8 heteroatoms. The smallest absolute Gasteiger partial charge is 0.320 e. The molecule has 1 atom stereocenters. The van der Waals surface area contributed by atoms with Crippen molar-refractivity contribution < 1.29 is 19.0 Å². The quantitative estimate of drug-likeness (QED) is 0.327. The summed E-state index contributed by atoms with van der Waals surface area (Å²) in [4.78, 5) is 21.3. The minimum atomic E-state index is -1.05. The number of nitrogens with two attached hydrogens (primary N) is 1. The molecule has 0 heterocycles. The fraction of sp³-hybridized carbons (Fsp3) is 0.417. The molecule has 0 amide bonds. The van der Waals surface area contributed by atoms with Gasteiger partial charge >= 0.3 is 5.97 Å². The Balaban J connectivity index is 2.44. The van der Waals surface area contributed by atoms with E-state index >= 15 is 0 Å². The first-order valence-corrected chi connectivity index (χ1v) is 6.69. The second-order valence-electron chi connectivity index (χ2n) is 4.22. The van der Waals surface area contributed by atoms with Gasteiger partial charge in [0.2, 0.25) is 0 Å². The van der Waals surface area contributed by atoms with Crippen LogP contribution >= 0.6 is 12.0 Å². The highest BCUT2D eigenvalue weighted by Gasteiger charge is 2.15. The summed E-state index contributed by atoms with van der Waals surface area (Å²) < 4.78 is 5.26. The van der Waals surface area contributed by atoms with Crippen LogP contribution in [0.1, 0.15) is 18.4 Å². The maximum atomic E-state index is 10.8. The number of aliphatic carboxylic acids is 1. The molecule has 3 N–H and O–H groups in total. The lowest BCUT2D eigenvalue weighted by atomic mass is 10.2. The zero-order valence-corrected chi connectivity index (χ0v) is 11.8. The van der Waals surface area contributed by atoms with Gasteiger partial charge in [-0.1, -0.05) is 6.07 Å². The summed E-state index contributed by atoms with van der Waals surface area (Å²) in [6.45, 7) is 2.11. The van der Waals surface area contributed by atoms with Gasteiger partial charge < -0.3 is 15.0 Å². The van der Waals surface area contributed by atoms with Gasteiger partial charge in [-0.15, -0.1) is 0 Å². The number of nitro benzene ring substituents is 1. The molecule has 1 aromatic carbocycles. The molecule has 0 aliphatic rings. The molecule has 110 valence electrons. The molecular weight excluding hydrogens is 284 g/mol. The number of carboxylic acids is 1. The van der Waals surface area contributed by atoms with E-state index in [9.17, 15) is 14.9 Å². The Morgan fingerprint density at radius 3 is 2.90 bits per heavy atom. The number of hydrogen-bond donors (Lipinski definition) is 2. The molecule has 0 bridgehead atoms. The van der Waals surface area contributed by atoms with Crippen LogP contribution in [0.4, 0.5) is 5.69 Å². The third-order valence-corrected chi connectivity index (χ3v) is 3.31. The van der Waals surface area contributed by atoms with Gasteiger partial charge in [-0.2, -0.15) is 0 Å². The average Bonchev–Trinajstić information content (AvgIpc) is 2.37. The molecule has 0 fully saturated rings. The maximum absolute atomic E-state index is 10.8. The highest BCUT2D eigenvalue weighted by Crippen LogP contribution is 2.30. The molecule has 0 radical (unpaired) electrons. The number of benzene rings is 1. The Labute approximate surface area is 120 Å². The van der Waals surface area contributed by atoms with Crippen molar-refractivity contribution in [2.75, 3.05) is 6.61 Å². The van der Waals surface area contributed by atoms with E-state index in [2.05, 4.69) is 0 Å².